The number of benzene rings is 3. The molecule has 2 aromatic heterocycles. The Morgan fingerprint density at radius 3 is 2.41 bits per heavy atom. The third-order valence-electron chi connectivity index (χ3n) is 9.13. The number of nitrogens with zero attached hydrogens (tertiary/aromatic N) is 7. The third kappa shape index (κ3) is 5.84. The number of aryl methyl sites for hydroxylation is 1. The Balaban J connectivity index is 1.25. The van der Waals surface area contributed by atoms with Gasteiger partial charge in [-0.3, -0.25) is 19.1 Å². The van der Waals surface area contributed by atoms with Crippen LogP contribution in [0.1, 0.15) is 29.0 Å². The van der Waals surface area contributed by atoms with Crippen LogP contribution in [0.3, 0.4) is 0 Å². The van der Waals surface area contributed by atoms with Gasteiger partial charge in [-0.05, 0) is 50.9 Å². The van der Waals surface area contributed by atoms with Gasteiger partial charge in [-0.25, -0.2) is 4.98 Å². The number of ketones is 1. The zero-order chi connectivity index (χ0) is 31.8. The third-order valence-corrected chi connectivity index (χ3v) is 9.45. The van der Waals surface area contributed by atoms with Crippen molar-refractivity contribution in [2.75, 3.05) is 57.8 Å². The van der Waals surface area contributed by atoms with Gasteiger partial charge in [-0.2, -0.15) is 9.97 Å². The number of rotatable bonds is 8. The maximum atomic E-state index is 14.4. The highest BCUT2D eigenvalue weighted by atomic mass is 35.5. The second-order valence-corrected chi connectivity index (χ2v) is 12.5. The number of ether oxygens (including phenoxy) is 1. The Morgan fingerprint density at radius 2 is 1.67 bits per heavy atom. The average molecular weight is 638 g/mol. The van der Waals surface area contributed by atoms with Crippen LogP contribution in [0.4, 0.5) is 5.82 Å². The maximum absolute atomic E-state index is 14.4. The smallest absolute Gasteiger partial charge is 0.319 e. The molecule has 46 heavy (non-hydrogen) atoms. The molecule has 11 heteroatoms. The number of hydrogen-bond acceptors (Lipinski definition) is 9. The van der Waals surface area contributed by atoms with Crippen LogP contribution in [0.15, 0.2) is 71.5 Å². The molecule has 236 valence electrons. The van der Waals surface area contributed by atoms with E-state index in [1.165, 1.54) is 0 Å². The molecule has 10 nitrogen and oxygen atoms in total. The average Bonchev–Trinajstić information content (AvgIpc) is 3.49. The van der Waals surface area contributed by atoms with Crippen molar-refractivity contribution in [2.24, 2.45) is 0 Å². The van der Waals surface area contributed by atoms with Gasteiger partial charge in [0.1, 0.15) is 17.9 Å². The van der Waals surface area contributed by atoms with Crippen molar-refractivity contribution in [2.45, 2.75) is 25.8 Å². The Kier molecular flexibility index (Phi) is 8.42. The minimum atomic E-state index is -0.312. The molecule has 0 radical (unpaired) electrons. The highest BCUT2D eigenvalue weighted by Crippen LogP contribution is 2.31. The van der Waals surface area contributed by atoms with Gasteiger partial charge in [-0.1, -0.05) is 66.2 Å². The molecule has 0 saturated carbocycles. The van der Waals surface area contributed by atoms with Gasteiger partial charge in [0.25, 0.3) is 5.56 Å². The molecule has 0 N–H and O–H groups in total. The molecule has 3 aromatic carbocycles. The highest BCUT2D eigenvalue weighted by molar-refractivity contribution is 6.36. The van der Waals surface area contributed by atoms with Crippen molar-refractivity contribution < 1.29 is 9.53 Å². The number of carbonyl (C=O) groups excluding carboxylic acids is 1. The number of aromatic nitrogens is 4. The van der Waals surface area contributed by atoms with Crippen LogP contribution in [0.2, 0.25) is 5.02 Å². The van der Waals surface area contributed by atoms with Crippen LogP contribution in [0.5, 0.6) is 6.01 Å². The summed E-state index contributed by atoms with van der Waals surface area (Å²) in [7, 11) is 2.09. The highest BCUT2D eigenvalue weighted by Gasteiger charge is 2.27. The minimum absolute atomic E-state index is 0.0977. The summed E-state index contributed by atoms with van der Waals surface area (Å²) in [6.45, 7) is 6.17. The van der Waals surface area contributed by atoms with Crippen LogP contribution < -0.4 is 15.2 Å². The molecule has 0 bridgehead atoms. The van der Waals surface area contributed by atoms with E-state index in [4.69, 9.17) is 26.3 Å². The largest absolute Gasteiger partial charge is 0.462 e. The fourth-order valence-electron chi connectivity index (χ4n) is 6.57. The number of hydrogen-bond donors (Lipinski definition) is 0. The van der Waals surface area contributed by atoms with E-state index in [-0.39, 0.29) is 28.9 Å². The molecule has 7 rings (SSSR count). The lowest BCUT2D eigenvalue weighted by atomic mass is 10.1. The molecule has 5 aromatic rings. The first kappa shape index (κ1) is 30.3. The predicted molar refractivity (Wildman–Crippen MR) is 181 cm³/mol. The first-order valence-corrected chi connectivity index (χ1v) is 16.1. The molecule has 0 aliphatic carbocycles. The number of likely N-dealkylation sites (N-methyl/N-ethyl adjacent to an activating group) is 1. The molecule has 2 fully saturated rings. The van der Waals surface area contributed by atoms with E-state index in [0.29, 0.717) is 72.8 Å². The zero-order valence-corrected chi connectivity index (χ0v) is 26.8. The first-order chi connectivity index (χ1) is 22.4. The number of piperazine rings is 1. The summed E-state index contributed by atoms with van der Waals surface area (Å²) in [6, 6.07) is 21.2. The monoisotopic (exact) mass is 637 g/mol. The van der Waals surface area contributed by atoms with E-state index in [2.05, 4.69) is 26.7 Å². The minimum Gasteiger partial charge on any atom is -0.462 e. The van der Waals surface area contributed by atoms with Gasteiger partial charge >= 0.3 is 6.01 Å². The van der Waals surface area contributed by atoms with Crippen molar-refractivity contribution in [3.63, 3.8) is 0 Å². The van der Waals surface area contributed by atoms with Crippen LogP contribution in [-0.2, 0) is 0 Å². The molecule has 1 atom stereocenters. The number of Topliss-reactive ketones (excluding diaryl/α,β-unsaturated/α-hetero) is 1. The van der Waals surface area contributed by atoms with Crippen molar-refractivity contribution in [1.82, 2.24) is 29.3 Å². The summed E-state index contributed by atoms with van der Waals surface area (Å²) >= 11 is 6.66. The lowest BCUT2D eigenvalue weighted by Gasteiger charge is -2.35. The van der Waals surface area contributed by atoms with Crippen molar-refractivity contribution in [1.29, 1.82) is 0 Å². The Hall–Kier alpha value is -4.38. The SMILES string of the molecule is Cc1nc2c(N3CCN(CC(=O)c4ccccc4)CC3)nc(OC[C@@H]3CCCN3C)nc2c(=O)n1-c1cccc2cccc(Cl)c12. The lowest BCUT2D eigenvalue weighted by Crippen LogP contribution is -2.48. The van der Waals surface area contributed by atoms with Crippen molar-refractivity contribution >= 4 is 45.0 Å². The fraction of sp³-hybridized carbons (Fsp3) is 0.343. The molecule has 0 unspecified atom stereocenters. The Labute approximate surface area is 272 Å². The summed E-state index contributed by atoms with van der Waals surface area (Å²) in [6.07, 6.45) is 2.16. The second-order valence-electron chi connectivity index (χ2n) is 12.1. The second kappa shape index (κ2) is 12.8. The number of anilines is 1. The molecule has 0 amide bonds. The van der Waals surface area contributed by atoms with Gasteiger partial charge < -0.3 is 14.5 Å². The normalized spacial score (nSPS) is 17.6. The van der Waals surface area contributed by atoms with E-state index >= 15 is 0 Å². The standard InChI is InChI=1S/C35H36ClN7O3/c1-23-37-31-32(34(45)43(23)28-15-7-12-25-11-6-14-27(36)30(25)28)38-35(46-22-26-13-8-16-40(26)2)39-33(31)42-19-17-41(18-20-42)21-29(44)24-9-4-3-5-10-24/h3-7,9-12,14-15,26H,8,13,16-22H2,1-2H3/t26-/m0/s1. The molecular formula is C35H36ClN7O3. The van der Waals surface area contributed by atoms with Crippen molar-refractivity contribution in [3.05, 3.63) is 93.5 Å². The summed E-state index contributed by atoms with van der Waals surface area (Å²) in [4.78, 5) is 48.2. The summed E-state index contributed by atoms with van der Waals surface area (Å²) < 4.78 is 7.78. The molecule has 4 heterocycles. The van der Waals surface area contributed by atoms with Crippen LogP contribution in [0.25, 0.3) is 27.5 Å². The quantitative estimate of drug-likeness (QED) is 0.223. The van der Waals surface area contributed by atoms with E-state index in [1.807, 2.05) is 73.7 Å². The van der Waals surface area contributed by atoms with Crippen LogP contribution in [-0.4, -0.2) is 94.1 Å². The maximum Gasteiger partial charge on any atom is 0.319 e. The van der Waals surface area contributed by atoms with E-state index in [1.54, 1.807) is 4.57 Å². The van der Waals surface area contributed by atoms with Gasteiger partial charge in [0.2, 0.25) is 0 Å². The number of likely N-dealkylation sites (tertiary alicyclic amines) is 1. The van der Waals surface area contributed by atoms with E-state index in [9.17, 15) is 9.59 Å². The number of fused-ring (bicyclic) bond motifs is 2. The summed E-state index contributed by atoms with van der Waals surface area (Å²) in [5, 5.41) is 2.25. The summed E-state index contributed by atoms with van der Waals surface area (Å²) in [5.41, 5.74) is 1.67. The van der Waals surface area contributed by atoms with Gasteiger partial charge in [0, 0.05) is 43.2 Å². The van der Waals surface area contributed by atoms with Crippen molar-refractivity contribution in [3.8, 4) is 11.7 Å². The van der Waals surface area contributed by atoms with Crippen LogP contribution in [0, 0.1) is 6.92 Å². The topological polar surface area (TPSA) is 96.7 Å². The van der Waals surface area contributed by atoms with E-state index < -0.39 is 0 Å². The zero-order valence-electron chi connectivity index (χ0n) is 26.0. The fourth-order valence-corrected chi connectivity index (χ4v) is 6.85. The Bertz CT molecular complexity index is 1970. The van der Waals surface area contributed by atoms with Gasteiger partial charge in [0.05, 0.1) is 17.3 Å². The molecule has 2 aliphatic heterocycles. The first-order valence-electron chi connectivity index (χ1n) is 15.7. The van der Waals surface area contributed by atoms with E-state index in [0.717, 1.165) is 30.2 Å². The molecule has 0 spiro atoms. The molecule has 2 saturated heterocycles. The predicted octanol–water partition coefficient (Wildman–Crippen LogP) is 4.77. The number of carbonyl (C=O) groups is 1. The molecular weight excluding hydrogens is 602 g/mol. The van der Waals surface area contributed by atoms with Gasteiger partial charge in [-0.15, -0.1) is 0 Å². The van der Waals surface area contributed by atoms with Gasteiger partial charge in [0.15, 0.2) is 17.1 Å². The number of halogens is 1. The molecule has 2 aliphatic rings. The Morgan fingerprint density at radius 1 is 0.913 bits per heavy atom. The lowest BCUT2D eigenvalue weighted by molar-refractivity contribution is 0.0926. The van der Waals surface area contributed by atoms with Crippen LogP contribution >= 0.6 is 11.6 Å². The summed E-state index contributed by atoms with van der Waals surface area (Å²) in [5.74, 6) is 1.17.